The number of rotatable bonds is 6. The minimum atomic E-state index is -1.04. The maximum atomic E-state index is 13.3. The molecule has 1 saturated heterocycles. The van der Waals surface area contributed by atoms with Crippen molar-refractivity contribution >= 4 is 35.1 Å². The van der Waals surface area contributed by atoms with Crippen molar-refractivity contribution in [2.24, 2.45) is 11.3 Å². The van der Waals surface area contributed by atoms with Gasteiger partial charge in [-0.3, -0.25) is 9.59 Å². The third kappa shape index (κ3) is 4.77. The molecule has 2 fully saturated rings. The Balaban J connectivity index is 1.14. The molecule has 2 aromatic heterocycles. The number of nitrogens with zero attached hydrogens (tertiary/aromatic N) is 4. The van der Waals surface area contributed by atoms with Crippen molar-refractivity contribution < 1.29 is 27.9 Å². The fourth-order valence-corrected chi connectivity index (χ4v) is 4.67. The second-order valence-corrected chi connectivity index (χ2v) is 8.96. The number of anilines is 4. The molecule has 3 aromatic rings. The average molecular weight is 484 g/mol. The van der Waals surface area contributed by atoms with Crippen molar-refractivity contribution in [3.05, 3.63) is 54.1 Å². The Labute approximate surface area is 198 Å². The summed E-state index contributed by atoms with van der Waals surface area (Å²) in [7, 11) is 0. The molecule has 5 rings (SSSR count). The Hall–Kier alpha value is -4.09. The van der Waals surface area contributed by atoms with Crippen LogP contribution in [0.3, 0.4) is 0 Å². The zero-order chi connectivity index (χ0) is 24.6. The lowest BCUT2D eigenvalue weighted by molar-refractivity contribution is -0.151. The average Bonchev–Trinajstić information content (AvgIpc) is 3.29. The quantitative estimate of drug-likeness (QED) is 0.477. The van der Waals surface area contributed by atoms with Crippen LogP contribution in [0.1, 0.15) is 36.4 Å². The molecule has 1 aliphatic heterocycles. The van der Waals surface area contributed by atoms with Gasteiger partial charge in [0.2, 0.25) is 0 Å². The topological polar surface area (TPSA) is 133 Å². The van der Waals surface area contributed by atoms with Gasteiger partial charge < -0.3 is 25.1 Å². The first-order valence-corrected chi connectivity index (χ1v) is 11.1. The van der Waals surface area contributed by atoms with Crippen LogP contribution < -0.4 is 15.5 Å². The molecule has 1 spiro atoms. The van der Waals surface area contributed by atoms with Crippen LogP contribution in [0.4, 0.5) is 32.0 Å². The molecule has 0 unspecified atom stereocenters. The molecule has 1 saturated carbocycles. The normalized spacial score (nSPS) is 17.1. The van der Waals surface area contributed by atoms with E-state index in [2.05, 4.69) is 30.7 Å². The number of nitrogens with one attached hydrogen (secondary N) is 2. The van der Waals surface area contributed by atoms with E-state index in [4.69, 9.17) is 9.52 Å². The zero-order valence-corrected chi connectivity index (χ0v) is 18.5. The molecule has 1 amide bonds. The lowest BCUT2D eigenvalue weighted by Crippen LogP contribution is -2.49. The zero-order valence-electron chi connectivity index (χ0n) is 18.5. The van der Waals surface area contributed by atoms with Gasteiger partial charge in [-0.15, -0.1) is 5.10 Å². The van der Waals surface area contributed by atoms with E-state index in [1.165, 1.54) is 12.3 Å². The monoisotopic (exact) mass is 484 g/mol. The molecule has 3 N–H and O–H groups in total. The molecule has 35 heavy (non-hydrogen) atoms. The molecule has 182 valence electrons. The standard InChI is InChI=1S/C23H22F2N6O4/c24-16-3-1-14(9-17(16)25)28-22-30-29-20(35-22)19(32)27-15-2-4-18(26-12-15)31-7-5-23(6-8-31)10-13(11-23)21(33)34/h1-4,9,12-13H,5-8,10-11H2,(H,27,32)(H,28,30)(H,33,34). The lowest BCUT2D eigenvalue weighted by atomic mass is 9.57. The number of amides is 1. The number of hydrogen-bond donors (Lipinski definition) is 3. The fourth-order valence-electron chi connectivity index (χ4n) is 4.67. The summed E-state index contributed by atoms with van der Waals surface area (Å²) >= 11 is 0. The highest BCUT2D eigenvalue weighted by atomic mass is 19.2. The summed E-state index contributed by atoms with van der Waals surface area (Å²) < 4.78 is 31.6. The number of aliphatic carboxylic acids is 1. The van der Waals surface area contributed by atoms with Crippen molar-refractivity contribution in [3.63, 3.8) is 0 Å². The minimum Gasteiger partial charge on any atom is -0.481 e. The Kier molecular flexibility index (Phi) is 5.79. The third-order valence-corrected chi connectivity index (χ3v) is 6.65. The molecule has 1 aromatic carbocycles. The Bertz CT molecular complexity index is 1250. The number of aromatic nitrogens is 3. The van der Waals surface area contributed by atoms with Crippen LogP contribution in [-0.2, 0) is 4.79 Å². The third-order valence-electron chi connectivity index (χ3n) is 6.65. The SMILES string of the molecule is O=C(Nc1ccc(N2CCC3(CC2)CC(C(=O)O)C3)nc1)c1nnc(Nc2ccc(F)c(F)c2)o1. The highest BCUT2D eigenvalue weighted by Crippen LogP contribution is 2.52. The highest BCUT2D eigenvalue weighted by Gasteiger charge is 2.48. The predicted molar refractivity (Wildman–Crippen MR) is 120 cm³/mol. The van der Waals surface area contributed by atoms with E-state index >= 15 is 0 Å². The summed E-state index contributed by atoms with van der Waals surface area (Å²) in [4.78, 5) is 30.1. The molecule has 12 heteroatoms. The first-order chi connectivity index (χ1) is 16.8. The van der Waals surface area contributed by atoms with E-state index in [9.17, 15) is 18.4 Å². The van der Waals surface area contributed by atoms with Gasteiger partial charge >= 0.3 is 23.8 Å². The van der Waals surface area contributed by atoms with E-state index < -0.39 is 23.5 Å². The molecule has 0 bridgehead atoms. The van der Waals surface area contributed by atoms with Crippen LogP contribution in [0.15, 0.2) is 40.9 Å². The first-order valence-electron chi connectivity index (χ1n) is 11.1. The van der Waals surface area contributed by atoms with Crippen LogP contribution in [0.2, 0.25) is 0 Å². The summed E-state index contributed by atoms with van der Waals surface area (Å²) in [6.07, 6.45) is 4.91. The Morgan fingerprint density at radius 1 is 1.06 bits per heavy atom. The van der Waals surface area contributed by atoms with Gasteiger partial charge in [0, 0.05) is 24.8 Å². The number of piperidine rings is 1. The summed E-state index contributed by atoms with van der Waals surface area (Å²) in [5, 5.41) is 21.7. The minimum absolute atomic E-state index is 0.149. The number of pyridine rings is 1. The molecule has 3 heterocycles. The smallest absolute Gasteiger partial charge is 0.320 e. The van der Waals surface area contributed by atoms with Crippen molar-refractivity contribution in [1.29, 1.82) is 0 Å². The van der Waals surface area contributed by atoms with E-state index in [0.717, 1.165) is 56.7 Å². The van der Waals surface area contributed by atoms with Crippen LogP contribution in [-0.4, -0.2) is 45.3 Å². The van der Waals surface area contributed by atoms with Gasteiger partial charge in [-0.1, -0.05) is 5.10 Å². The predicted octanol–water partition coefficient (Wildman–Crippen LogP) is 3.82. The number of halogens is 2. The number of carbonyl (C=O) groups is 2. The molecule has 0 atom stereocenters. The van der Waals surface area contributed by atoms with Crippen molar-refractivity contribution in [3.8, 4) is 0 Å². The van der Waals surface area contributed by atoms with Crippen LogP contribution in [0, 0.1) is 23.0 Å². The van der Waals surface area contributed by atoms with Crippen molar-refractivity contribution in [2.75, 3.05) is 28.6 Å². The van der Waals surface area contributed by atoms with Crippen LogP contribution >= 0.6 is 0 Å². The van der Waals surface area contributed by atoms with Crippen LogP contribution in [0.25, 0.3) is 0 Å². The van der Waals surface area contributed by atoms with Gasteiger partial charge in [0.05, 0.1) is 17.8 Å². The van der Waals surface area contributed by atoms with Gasteiger partial charge in [-0.2, -0.15) is 0 Å². The molecule has 1 aliphatic carbocycles. The Morgan fingerprint density at radius 3 is 2.46 bits per heavy atom. The maximum absolute atomic E-state index is 13.3. The molecule has 0 radical (unpaired) electrons. The largest absolute Gasteiger partial charge is 0.481 e. The van der Waals surface area contributed by atoms with E-state index in [0.29, 0.717) is 5.69 Å². The summed E-state index contributed by atoms with van der Waals surface area (Å²) in [6, 6.07) is 6.52. The first kappa shape index (κ1) is 22.7. The molecule has 10 nitrogen and oxygen atoms in total. The maximum Gasteiger partial charge on any atom is 0.320 e. The second-order valence-electron chi connectivity index (χ2n) is 8.96. The lowest BCUT2D eigenvalue weighted by Gasteiger charge is -2.51. The van der Waals surface area contributed by atoms with Gasteiger partial charge in [-0.25, -0.2) is 13.8 Å². The number of hydrogen-bond acceptors (Lipinski definition) is 8. The number of carbonyl (C=O) groups excluding carboxylic acids is 1. The number of carboxylic acid groups (broad SMARTS) is 1. The summed E-state index contributed by atoms with van der Waals surface area (Å²) in [5.74, 6) is -3.13. The van der Waals surface area contributed by atoms with Gasteiger partial charge in [-0.05, 0) is 55.4 Å². The van der Waals surface area contributed by atoms with Gasteiger partial charge in [0.25, 0.3) is 0 Å². The summed E-state index contributed by atoms with van der Waals surface area (Å²) in [6.45, 7) is 1.61. The van der Waals surface area contributed by atoms with Crippen molar-refractivity contribution in [1.82, 2.24) is 15.2 Å². The molecular weight excluding hydrogens is 462 g/mol. The van der Waals surface area contributed by atoms with Crippen molar-refractivity contribution in [2.45, 2.75) is 25.7 Å². The van der Waals surface area contributed by atoms with Crippen LogP contribution in [0.5, 0.6) is 0 Å². The van der Waals surface area contributed by atoms with Gasteiger partial charge in [0.1, 0.15) is 5.82 Å². The highest BCUT2D eigenvalue weighted by molar-refractivity contribution is 6.00. The van der Waals surface area contributed by atoms with Gasteiger partial charge in [0.15, 0.2) is 11.6 Å². The summed E-state index contributed by atoms with van der Waals surface area (Å²) in [5.41, 5.74) is 0.765. The number of carboxylic acids is 1. The second kappa shape index (κ2) is 8.93. The van der Waals surface area contributed by atoms with E-state index in [1.54, 1.807) is 12.1 Å². The molecular formula is C23H22F2N6O4. The fraction of sp³-hybridized carbons (Fsp3) is 0.348. The molecule has 2 aliphatic rings. The van der Waals surface area contributed by atoms with E-state index in [-0.39, 0.29) is 28.9 Å². The Morgan fingerprint density at radius 2 is 1.80 bits per heavy atom. The number of benzene rings is 1. The van der Waals surface area contributed by atoms with E-state index in [1.807, 2.05) is 0 Å².